The highest BCUT2D eigenvalue weighted by Crippen LogP contribution is 2.28. The number of carbonyl (C=O) groups is 1. The van der Waals surface area contributed by atoms with E-state index in [-0.39, 0.29) is 6.03 Å². The van der Waals surface area contributed by atoms with Gasteiger partial charge in [-0.15, -0.1) is 10.2 Å². The lowest BCUT2D eigenvalue weighted by Gasteiger charge is -2.27. The number of amides is 2. The number of ether oxygens (including phenoxy) is 1. The summed E-state index contributed by atoms with van der Waals surface area (Å²) in [7, 11) is 1.53. The molecule has 4 rings (SSSR count). The van der Waals surface area contributed by atoms with Gasteiger partial charge in [0.2, 0.25) is 0 Å². The van der Waals surface area contributed by atoms with Gasteiger partial charge in [0.1, 0.15) is 5.75 Å². The first-order valence-corrected chi connectivity index (χ1v) is 10.6. The molecule has 2 N–H and O–H groups in total. The van der Waals surface area contributed by atoms with Crippen molar-refractivity contribution in [3.8, 4) is 17.0 Å². The number of urea groups is 1. The molecular formula is C23H24ClN5O2. The van der Waals surface area contributed by atoms with Crippen molar-refractivity contribution in [3.63, 3.8) is 0 Å². The molecule has 31 heavy (non-hydrogen) atoms. The molecule has 0 unspecified atom stereocenters. The van der Waals surface area contributed by atoms with Crippen molar-refractivity contribution in [2.45, 2.75) is 19.3 Å². The molecule has 3 aromatic rings. The van der Waals surface area contributed by atoms with Crippen LogP contribution in [0.1, 0.15) is 19.3 Å². The monoisotopic (exact) mass is 437 g/mol. The summed E-state index contributed by atoms with van der Waals surface area (Å²) in [5, 5.41) is 14.8. The minimum atomic E-state index is -0.390. The number of hydrogen-bond donors (Lipinski definition) is 2. The molecule has 160 valence electrons. The van der Waals surface area contributed by atoms with Crippen LogP contribution in [0.15, 0.2) is 54.6 Å². The summed E-state index contributed by atoms with van der Waals surface area (Å²) >= 11 is 6.01. The Hall–Kier alpha value is -3.32. The number of nitrogens with zero attached hydrogens (tertiary/aromatic N) is 3. The minimum absolute atomic E-state index is 0.390. The third-order valence-corrected chi connectivity index (χ3v) is 5.41. The maximum absolute atomic E-state index is 12.4. The second-order valence-electron chi connectivity index (χ2n) is 7.33. The summed E-state index contributed by atoms with van der Waals surface area (Å²) in [6.07, 6.45) is 3.69. The van der Waals surface area contributed by atoms with Crippen molar-refractivity contribution in [1.29, 1.82) is 0 Å². The molecule has 0 bridgehead atoms. The Morgan fingerprint density at radius 2 is 1.74 bits per heavy atom. The molecule has 7 nitrogen and oxygen atoms in total. The van der Waals surface area contributed by atoms with Crippen LogP contribution in [0.4, 0.5) is 22.0 Å². The Morgan fingerprint density at radius 1 is 0.968 bits per heavy atom. The highest BCUT2D eigenvalue weighted by Gasteiger charge is 2.13. The van der Waals surface area contributed by atoms with E-state index in [9.17, 15) is 4.79 Å². The van der Waals surface area contributed by atoms with E-state index in [0.717, 1.165) is 30.2 Å². The van der Waals surface area contributed by atoms with Crippen molar-refractivity contribution in [1.82, 2.24) is 10.2 Å². The lowest BCUT2D eigenvalue weighted by Crippen LogP contribution is -2.30. The third-order valence-electron chi connectivity index (χ3n) is 5.18. The molecule has 0 atom stereocenters. The molecule has 2 aromatic carbocycles. The SMILES string of the molecule is COc1ccc(Cl)cc1NC(=O)Nc1ccc(-c2ccc(N3CCCCC3)nn2)cc1. The number of benzene rings is 2. The number of nitrogens with one attached hydrogen (secondary N) is 2. The molecule has 0 aliphatic carbocycles. The van der Waals surface area contributed by atoms with Crippen molar-refractivity contribution in [3.05, 3.63) is 59.6 Å². The molecule has 2 amide bonds. The number of carbonyl (C=O) groups excluding carboxylic acids is 1. The molecule has 1 aliphatic heterocycles. The van der Waals surface area contributed by atoms with E-state index in [1.165, 1.54) is 26.4 Å². The zero-order chi connectivity index (χ0) is 21.6. The molecule has 0 radical (unpaired) electrons. The molecule has 0 saturated carbocycles. The van der Waals surface area contributed by atoms with Crippen molar-refractivity contribution in [2.24, 2.45) is 0 Å². The van der Waals surface area contributed by atoms with Gasteiger partial charge in [0.05, 0.1) is 18.5 Å². The van der Waals surface area contributed by atoms with Crippen molar-refractivity contribution < 1.29 is 9.53 Å². The second-order valence-corrected chi connectivity index (χ2v) is 7.76. The van der Waals surface area contributed by atoms with Gasteiger partial charge in [0, 0.05) is 29.4 Å². The van der Waals surface area contributed by atoms with E-state index in [2.05, 4.69) is 25.7 Å². The Balaban J connectivity index is 1.39. The maximum Gasteiger partial charge on any atom is 0.323 e. The summed E-state index contributed by atoms with van der Waals surface area (Å²) in [5.41, 5.74) is 2.87. The van der Waals surface area contributed by atoms with E-state index in [1.807, 2.05) is 36.4 Å². The van der Waals surface area contributed by atoms with Crippen LogP contribution in [0.5, 0.6) is 5.75 Å². The number of aromatic nitrogens is 2. The summed E-state index contributed by atoms with van der Waals surface area (Å²) in [4.78, 5) is 14.6. The van der Waals surface area contributed by atoms with Gasteiger partial charge in [-0.2, -0.15) is 0 Å². The van der Waals surface area contributed by atoms with Gasteiger partial charge in [-0.1, -0.05) is 23.7 Å². The van der Waals surface area contributed by atoms with E-state index in [4.69, 9.17) is 16.3 Å². The first-order valence-electron chi connectivity index (χ1n) is 10.2. The second kappa shape index (κ2) is 9.66. The molecule has 1 fully saturated rings. The average Bonchev–Trinajstić information content (AvgIpc) is 2.80. The summed E-state index contributed by atoms with van der Waals surface area (Å²) in [5.74, 6) is 1.45. The number of rotatable bonds is 5. The van der Waals surface area contributed by atoms with E-state index >= 15 is 0 Å². The standard InChI is InChI=1S/C23H24ClN5O2/c1-31-21-11-7-17(24)15-20(21)26-23(30)25-18-8-5-16(6-9-18)19-10-12-22(28-27-19)29-13-3-2-4-14-29/h5-12,15H,2-4,13-14H2,1H3,(H2,25,26,30). The fourth-order valence-electron chi connectivity index (χ4n) is 3.56. The number of anilines is 3. The number of methoxy groups -OCH3 is 1. The number of piperidine rings is 1. The van der Waals surface area contributed by atoms with Gasteiger partial charge in [-0.3, -0.25) is 0 Å². The van der Waals surface area contributed by atoms with E-state index in [0.29, 0.717) is 22.1 Å². The van der Waals surface area contributed by atoms with Crippen LogP contribution < -0.4 is 20.3 Å². The smallest absolute Gasteiger partial charge is 0.323 e. The van der Waals surface area contributed by atoms with Crippen LogP contribution in [0.2, 0.25) is 5.02 Å². The maximum atomic E-state index is 12.4. The zero-order valence-electron chi connectivity index (χ0n) is 17.3. The quantitative estimate of drug-likeness (QED) is 0.555. The van der Waals surface area contributed by atoms with Crippen LogP contribution >= 0.6 is 11.6 Å². The summed E-state index contributed by atoms with van der Waals surface area (Å²) in [6, 6.07) is 16.1. The van der Waals surface area contributed by atoms with Crippen molar-refractivity contribution >= 4 is 34.8 Å². The lowest BCUT2D eigenvalue weighted by molar-refractivity contribution is 0.262. The van der Waals surface area contributed by atoms with E-state index < -0.39 is 0 Å². The molecule has 1 aromatic heterocycles. The van der Waals surface area contributed by atoms with Crippen LogP contribution in [-0.4, -0.2) is 36.4 Å². The topological polar surface area (TPSA) is 79.4 Å². The van der Waals surface area contributed by atoms with Gasteiger partial charge in [0.15, 0.2) is 5.82 Å². The van der Waals surface area contributed by atoms with Gasteiger partial charge in [-0.05, 0) is 61.7 Å². The molecule has 8 heteroatoms. The minimum Gasteiger partial charge on any atom is -0.495 e. The molecule has 1 aliphatic rings. The highest BCUT2D eigenvalue weighted by atomic mass is 35.5. The normalized spacial score (nSPS) is 13.5. The van der Waals surface area contributed by atoms with Crippen LogP contribution in [-0.2, 0) is 0 Å². The fraction of sp³-hybridized carbons (Fsp3) is 0.261. The largest absolute Gasteiger partial charge is 0.495 e. The Bertz CT molecular complexity index is 1030. The fourth-order valence-corrected chi connectivity index (χ4v) is 3.73. The molecule has 2 heterocycles. The Morgan fingerprint density at radius 3 is 2.42 bits per heavy atom. The summed E-state index contributed by atoms with van der Waals surface area (Å²) < 4.78 is 5.25. The third kappa shape index (κ3) is 5.24. The zero-order valence-corrected chi connectivity index (χ0v) is 18.0. The molecular weight excluding hydrogens is 414 g/mol. The van der Waals surface area contributed by atoms with Crippen LogP contribution in [0.25, 0.3) is 11.3 Å². The lowest BCUT2D eigenvalue weighted by atomic mass is 10.1. The van der Waals surface area contributed by atoms with Gasteiger partial charge in [-0.25, -0.2) is 4.79 Å². The molecule has 1 saturated heterocycles. The van der Waals surface area contributed by atoms with Gasteiger partial charge < -0.3 is 20.3 Å². The first kappa shape index (κ1) is 20.9. The van der Waals surface area contributed by atoms with E-state index in [1.54, 1.807) is 18.2 Å². The number of hydrogen-bond acceptors (Lipinski definition) is 5. The van der Waals surface area contributed by atoms with Crippen LogP contribution in [0, 0.1) is 0 Å². The van der Waals surface area contributed by atoms with Gasteiger partial charge >= 0.3 is 6.03 Å². The van der Waals surface area contributed by atoms with Crippen LogP contribution in [0.3, 0.4) is 0 Å². The molecule has 0 spiro atoms. The first-order chi connectivity index (χ1) is 15.1. The van der Waals surface area contributed by atoms with Gasteiger partial charge in [0.25, 0.3) is 0 Å². The van der Waals surface area contributed by atoms with Crippen molar-refractivity contribution in [2.75, 3.05) is 35.7 Å². The predicted octanol–water partition coefficient (Wildman–Crippen LogP) is 5.44. The highest BCUT2D eigenvalue weighted by molar-refractivity contribution is 6.31. The Labute approximate surface area is 186 Å². The average molecular weight is 438 g/mol. The Kier molecular flexibility index (Phi) is 6.52. The predicted molar refractivity (Wildman–Crippen MR) is 124 cm³/mol. The summed E-state index contributed by atoms with van der Waals surface area (Å²) in [6.45, 7) is 2.08. The number of halogens is 1.